The number of cyclic esters (lactones) is 1. The maximum absolute atomic E-state index is 15.3. The summed E-state index contributed by atoms with van der Waals surface area (Å²) < 4.78 is 37.4. The lowest BCUT2D eigenvalue weighted by Gasteiger charge is -2.25. The molecule has 0 radical (unpaired) electrons. The van der Waals surface area contributed by atoms with Gasteiger partial charge in [-0.2, -0.15) is 5.26 Å². The fourth-order valence-electron chi connectivity index (χ4n) is 6.68. The quantitative estimate of drug-likeness (QED) is 0.442. The van der Waals surface area contributed by atoms with Crippen LogP contribution in [0, 0.1) is 34.8 Å². The van der Waals surface area contributed by atoms with E-state index >= 15 is 8.78 Å². The van der Waals surface area contributed by atoms with Gasteiger partial charge in [-0.1, -0.05) is 11.3 Å². The maximum atomic E-state index is 15.3. The third kappa shape index (κ3) is 4.19. The Morgan fingerprint density at radius 3 is 2.57 bits per heavy atom. The number of aliphatic hydroxyl groups is 1. The molecule has 4 aliphatic rings. The second-order valence-electron chi connectivity index (χ2n) is 11.2. The number of halogens is 2. The van der Waals surface area contributed by atoms with Crippen molar-refractivity contribution in [2.24, 2.45) is 11.8 Å². The lowest BCUT2D eigenvalue weighted by atomic mass is 9.95. The molecule has 14 heteroatoms. The van der Waals surface area contributed by atoms with E-state index in [1.54, 1.807) is 17.2 Å². The molecule has 7 rings (SSSR count). The molecule has 2 aromatic heterocycles. The van der Waals surface area contributed by atoms with Crippen LogP contribution in [0.3, 0.4) is 0 Å². The first-order valence-corrected chi connectivity index (χ1v) is 13.7. The van der Waals surface area contributed by atoms with Crippen LogP contribution < -0.4 is 10.2 Å². The van der Waals surface area contributed by atoms with Crippen LogP contribution in [0.1, 0.15) is 12.1 Å². The normalized spacial score (nSPS) is 29.9. The Balaban J connectivity index is 1.05. The number of benzene rings is 1. The standard InChI is InChI=1S/C28H26F2N8O4/c29-21-5-16(38-11-18(42-27(38)41)10-37-4-3-34-35-37)6-22(30)25(21)15-1-2-24(33-8-15)28(14-31)19-12-36(13-20(19)28)26(40)23-7-17(39)9-32-23/h1-6,8,17-20,23,32,39H,7,9-13H2/t17-,18+,19?,20?,23+,28?/m1/s1. The van der Waals surface area contributed by atoms with Crippen molar-refractivity contribution in [3.8, 4) is 17.2 Å². The summed E-state index contributed by atoms with van der Waals surface area (Å²) in [4.78, 5) is 32.6. The number of hydrogen-bond acceptors (Lipinski definition) is 9. The number of carbonyl (C=O) groups is 2. The van der Waals surface area contributed by atoms with Crippen molar-refractivity contribution in [1.29, 1.82) is 5.26 Å². The summed E-state index contributed by atoms with van der Waals surface area (Å²) in [7, 11) is 0. The highest BCUT2D eigenvalue weighted by Crippen LogP contribution is 2.62. The molecule has 2 unspecified atom stereocenters. The molecule has 2 amide bonds. The number of β-amino-alcohol motifs (C(OH)–C–C–N with tert-alkyl or cyclic N) is 1. The summed E-state index contributed by atoms with van der Waals surface area (Å²) in [5.41, 5.74) is -0.442. The van der Waals surface area contributed by atoms with Gasteiger partial charge in [0.2, 0.25) is 5.91 Å². The number of aliphatic hydroxyl groups excluding tert-OH is 1. The first-order chi connectivity index (χ1) is 20.3. The molecule has 5 atom stereocenters. The zero-order valence-corrected chi connectivity index (χ0v) is 22.2. The zero-order chi connectivity index (χ0) is 29.2. The van der Waals surface area contributed by atoms with Crippen molar-refractivity contribution in [1.82, 2.24) is 30.2 Å². The number of nitrogens with one attached hydrogen (secondary N) is 1. The van der Waals surface area contributed by atoms with Gasteiger partial charge in [0.1, 0.15) is 23.2 Å². The number of nitriles is 1. The summed E-state index contributed by atoms with van der Waals surface area (Å²) in [5, 5.41) is 30.4. The second kappa shape index (κ2) is 9.81. The van der Waals surface area contributed by atoms with E-state index in [9.17, 15) is 20.0 Å². The Bertz CT molecular complexity index is 1560. The van der Waals surface area contributed by atoms with Gasteiger partial charge in [-0.05, 0) is 24.6 Å². The van der Waals surface area contributed by atoms with Gasteiger partial charge in [0.15, 0.2) is 0 Å². The number of carbonyl (C=O) groups excluding carboxylic acids is 2. The maximum Gasteiger partial charge on any atom is 0.414 e. The number of amides is 2. The zero-order valence-electron chi connectivity index (χ0n) is 22.2. The fourth-order valence-corrected chi connectivity index (χ4v) is 6.68. The van der Waals surface area contributed by atoms with E-state index in [0.29, 0.717) is 31.7 Å². The molecule has 42 heavy (non-hydrogen) atoms. The van der Waals surface area contributed by atoms with E-state index in [0.717, 1.165) is 12.1 Å². The summed E-state index contributed by atoms with van der Waals surface area (Å²) >= 11 is 0. The van der Waals surface area contributed by atoms with Gasteiger partial charge in [-0.15, -0.1) is 5.10 Å². The molecule has 3 aromatic rings. The molecule has 1 aromatic carbocycles. The Kier molecular flexibility index (Phi) is 6.17. The molecule has 216 valence electrons. The van der Waals surface area contributed by atoms with Crippen LogP contribution in [0.15, 0.2) is 42.9 Å². The first kappa shape index (κ1) is 26.4. The van der Waals surface area contributed by atoms with E-state index in [2.05, 4.69) is 26.7 Å². The highest BCUT2D eigenvalue weighted by molar-refractivity contribution is 5.90. The summed E-state index contributed by atoms with van der Waals surface area (Å²) in [6.45, 7) is 1.56. The molecule has 4 fully saturated rings. The number of aromatic nitrogens is 4. The van der Waals surface area contributed by atoms with Gasteiger partial charge in [0, 0.05) is 49.4 Å². The highest BCUT2D eigenvalue weighted by atomic mass is 19.1. The lowest BCUT2D eigenvalue weighted by Crippen LogP contribution is -2.44. The number of nitrogens with zero attached hydrogens (tertiary/aromatic N) is 7. The van der Waals surface area contributed by atoms with E-state index in [-0.39, 0.29) is 47.6 Å². The molecule has 3 aliphatic heterocycles. The molecule has 3 saturated heterocycles. The molecule has 5 heterocycles. The molecule has 12 nitrogen and oxygen atoms in total. The smallest absolute Gasteiger partial charge is 0.414 e. The van der Waals surface area contributed by atoms with Crippen LogP contribution in [0.4, 0.5) is 19.3 Å². The minimum absolute atomic E-state index is 0.0278. The Labute approximate surface area is 238 Å². The Hall–Kier alpha value is -4.48. The fraction of sp³-hybridized carbons (Fsp3) is 0.429. The molecule has 1 aliphatic carbocycles. The van der Waals surface area contributed by atoms with Crippen LogP contribution >= 0.6 is 0 Å². The van der Waals surface area contributed by atoms with Crippen LogP contribution in [0.2, 0.25) is 0 Å². The minimum atomic E-state index is -0.870. The molecule has 0 bridgehead atoms. The SMILES string of the molecule is N#CC1(c2ccc(-c3c(F)cc(N4C[C@H](Cn5ccnn5)OC4=O)cc3F)cn2)C2CN(C(=O)[C@@H]3C[C@@H](O)CN3)CC21. The monoisotopic (exact) mass is 576 g/mol. The topological polar surface area (TPSA) is 149 Å². The molecular weight excluding hydrogens is 550 g/mol. The number of anilines is 1. The third-order valence-electron chi connectivity index (χ3n) is 8.83. The first-order valence-electron chi connectivity index (χ1n) is 13.7. The van der Waals surface area contributed by atoms with Gasteiger partial charge >= 0.3 is 6.09 Å². The molecule has 1 saturated carbocycles. The largest absolute Gasteiger partial charge is 0.442 e. The lowest BCUT2D eigenvalue weighted by molar-refractivity contribution is -0.132. The number of piperidine rings is 1. The average molecular weight is 577 g/mol. The second-order valence-corrected chi connectivity index (χ2v) is 11.2. The number of likely N-dealkylation sites (tertiary alicyclic amines) is 1. The van der Waals surface area contributed by atoms with E-state index in [4.69, 9.17) is 4.74 Å². The van der Waals surface area contributed by atoms with Gasteiger partial charge in [-0.3, -0.25) is 14.7 Å². The van der Waals surface area contributed by atoms with Crippen LogP contribution in [0.5, 0.6) is 0 Å². The molecular formula is C28H26F2N8O4. The predicted molar refractivity (Wildman–Crippen MR) is 140 cm³/mol. The van der Waals surface area contributed by atoms with Crippen molar-refractivity contribution >= 4 is 17.7 Å². The van der Waals surface area contributed by atoms with Gasteiger partial charge in [-0.25, -0.2) is 18.3 Å². The van der Waals surface area contributed by atoms with Crippen LogP contribution in [-0.4, -0.2) is 86.4 Å². The number of ether oxygens (including phenoxy) is 1. The van der Waals surface area contributed by atoms with Crippen molar-refractivity contribution < 1.29 is 28.2 Å². The average Bonchev–Trinajstić information content (AvgIpc) is 3.62. The van der Waals surface area contributed by atoms with E-state index in [1.807, 2.05) is 0 Å². The Morgan fingerprint density at radius 1 is 1.21 bits per heavy atom. The van der Waals surface area contributed by atoms with E-state index < -0.39 is 41.4 Å². The summed E-state index contributed by atoms with van der Waals surface area (Å²) in [6, 6.07) is 7.27. The summed E-state index contributed by atoms with van der Waals surface area (Å²) in [6.07, 6.45) is 3.01. The van der Waals surface area contributed by atoms with Crippen molar-refractivity contribution in [3.63, 3.8) is 0 Å². The third-order valence-corrected chi connectivity index (χ3v) is 8.83. The summed E-state index contributed by atoms with van der Waals surface area (Å²) in [5.74, 6) is -1.98. The molecule has 0 spiro atoms. The van der Waals surface area contributed by atoms with Gasteiger partial charge in [0.05, 0.1) is 54.4 Å². The minimum Gasteiger partial charge on any atom is -0.442 e. The number of fused-ring (bicyclic) bond motifs is 1. The number of hydrogen-bond donors (Lipinski definition) is 2. The van der Waals surface area contributed by atoms with Gasteiger partial charge < -0.3 is 20.1 Å². The van der Waals surface area contributed by atoms with Crippen molar-refractivity contribution in [2.45, 2.75) is 36.6 Å². The number of pyridine rings is 1. The van der Waals surface area contributed by atoms with E-state index in [1.165, 1.54) is 28.0 Å². The highest BCUT2D eigenvalue weighted by Gasteiger charge is 2.71. The van der Waals surface area contributed by atoms with Crippen LogP contribution in [-0.2, 0) is 21.5 Å². The number of rotatable bonds is 6. The molecule has 2 N–H and O–H groups in total. The van der Waals surface area contributed by atoms with Gasteiger partial charge in [0.25, 0.3) is 0 Å². The predicted octanol–water partition coefficient (Wildman–Crippen LogP) is 1.22. The van der Waals surface area contributed by atoms with Crippen LogP contribution in [0.25, 0.3) is 11.1 Å². The van der Waals surface area contributed by atoms with Crippen molar-refractivity contribution in [2.75, 3.05) is 31.1 Å². The van der Waals surface area contributed by atoms with Crippen molar-refractivity contribution in [3.05, 3.63) is 60.2 Å². The Morgan fingerprint density at radius 2 is 1.98 bits per heavy atom.